The van der Waals surface area contributed by atoms with Gasteiger partial charge in [-0.05, 0) is 26.0 Å². The number of carboxylic acid groups (broad SMARTS) is 1. The molecule has 0 heterocycles. The van der Waals surface area contributed by atoms with E-state index in [9.17, 15) is 18.4 Å². The van der Waals surface area contributed by atoms with Crippen molar-refractivity contribution in [1.29, 1.82) is 0 Å². The van der Waals surface area contributed by atoms with Crippen molar-refractivity contribution in [2.24, 2.45) is 0 Å². The zero-order valence-electron chi connectivity index (χ0n) is 10.2. The lowest BCUT2D eigenvalue weighted by Crippen LogP contribution is -2.51. The Morgan fingerprint density at radius 1 is 1.22 bits per heavy atom. The zero-order valence-corrected chi connectivity index (χ0v) is 10.2. The maximum Gasteiger partial charge on any atom is 0.329 e. The third kappa shape index (κ3) is 2.32. The molecule has 1 rings (SSSR count). The molecule has 1 aromatic rings. The number of carbonyl (C=O) groups excluding carboxylic acids is 1. The van der Waals surface area contributed by atoms with Gasteiger partial charge in [0.25, 0.3) is 5.91 Å². The van der Waals surface area contributed by atoms with Gasteiger partial charge in [-0.2, -0.15) is 0 Å². The van der Waals surface area contributed by atoms with Gasteiger partial charge in [-0.1, -0.05) is 6.07 Å². The first-order chi connectivity index (χ1) is 8.19. The Kier molecular flexibility index (Phi) is 3.69. The van der Waals surface area contributed by atoms with Crippen molar-refractivity contribution >= 4 is 11.9 Å². The Morgan fingerprint density at radius 2 is 1.67 bits per heavy atom. The molecule has 4 nitrogen and oxygen atoms in total. The molecule has 0 unspecified atom stereocenters. The van der Waals surface area contributed by atoms with Crippen LogP contribution in [0.5, 0.6) is 0 Å². The quantitative estimate of drug-likeness (QED) is 0.899. The Hall–Kier alpha value is -1.98. The average Bonchev–Trinajstić information content (AvgIpc) is 2.27. The molecule has 98 valence electrons. The van der Waals surface area contributed by atoms with Crippen LogP contribution in [-0.2, 0) is 4.79 Å². The lowest BCUT2D eigenvalue weighted by molar-refractivity contribution is -0.147. The molecule has 0 aliphatic carbocycles. The largest absolute Gasteiger partial charge is 0.480 e. The van der Waals surface area contributed by atoms with Crippen LogP contribution in [-0.4, -0.2) is 34.5 Å². The van der Waals surface area contributed by atoms with Gasteiger partial charge in [-0.15, -0.1) is 0 Å². The number of likely N-dealkylation sites (N-methyl/N-ethyl adjacent to an activating group) is 1. The first-order valence-electron chi connectivity index (χ1n) is 5.15. The third-order valence-corrected chi connectivity index (χ3v) is 2.84. The van der Waals surface area contributed by atoms with Gasteiger partial charge in [0.1, 0.15) is 22.7 Å². The fourth-order valence-corrected chi connectivity index (χ4v) is 1.27. The van der Waals surface area contributed by atoms with Crippen LogP contribution >= 0.6 is 0 Å². The van der Waals surface area contributed by atoms with Gasteiger partial charge in [0.05, 0.1) is 0 Å². The second-order valence-corrected chi connectivity index (χ2v) is 4.32. The van der Waals surface area contributed by atoms with Gasteiger partial charge in [0.2, 0.25) is 0 Å². The third-order valence-electron chi connectivity index (χ3n) is 2.84. The summed E-state index contributed by atoms with van der Waals surface area (Å²) >= 11 is 0. The van der Waals surface area contributed by atoms with Crippen molar-refractivity contribution in [2.75, 3.05) is 7.05 Å². The molecule has 0 saturated carbocycles. The van der Waals surface area contributed by atoms with E-state index >= 15 is 0 Å². The maximum absolute atomic E-state index is 13.4. The number of hydrogen-bond acceptors (Lipinski definition) is 2. The predicted octanol–water partition coefficient (Wildman–Crippen LogP) is 1.90. The lowest BCUT2D eigenvalue weighted by atomic mass is 10.0. The highest BCUT2D eigenvalue weighted by Crippen LogP contribution is 2.20. The minimum Gasteiger partial charge on any atom is -0.480 e. The fourth-order valence-electron chi connectivity index (χ4n) is 1.27. The number of amides is 1. The van der Waals surface area contributed by atoms with E-state index in [4.69, 9.17) is 5.11 Å². The molecule has 0 saturated heterocycles. The summed E-state index contributed by atoms with van der Waals surface area (Å²) in [6.07, 6.45) is 0. The first kappa shape index (κ1) is 14.1. The normalized spacial score (nSPS) is 11.2. The second kappa shape index (κ2) is 4.72. The summed E-state index contributed by atoms with van der Waals surface area (Å²) in [7, 11) is 1.18. The SMILES string of the molecule is CN(C(=O)c1c(F)cccc1F)C(C)(C)C(=O)O. The van der Waals surface area contributed by atoms with Crippen LogP contribution in [0, 0.1) is 11.6 Å². The van der Waals surface area contributed by atoms with Gasteiger partial charge in [0.15, 0.2) is 0 Å². The van der Waals surface area contributed by atoms with Crippen LogP contribution in [0.25, 0.3) is 0 Å². The van der Waals surface area contributed by atoms with Crippen molar-refractivity contribution in [2.45, 2.75) is 19.4 Å². The number of hydrogen-bond donors (Lipinski definition) is 1. The van der Waals surface area contributed by atoms with Crippen LogP contribution in [0.2, 0.25) is 0 Å². The molecule has 0 aromatic heterocycles. The van der Waals surface area contributed by atoms with Gasteiger partial charge in [-0.25, -0.2) is 13.6 Å². The monoisotopic (exact) mass is 257 g/mol. The number of aliphatic carboxylic acids is 1. The number of carboxylic acids is 1. The fraction of sp³-hybridized carbons (Fsp3) is 0.333. The first-order valence-corrected chi connectivity index (χ1v) is 5.15. The molecule has 6 heteroatoms. The average molecular weight is 257 g/mol. The number of benzene rings is 1. The summed E-state index contributed by atoms with van der Waals surface area (Å²) in [5, 5.41) is 8.96. The molecule has 0 radical (unpaired) electrons. The van der Waals surface area contributed by atoms with Crippen LogP contribution in [0.1, 0.15) is 24.2 Å². The molecule has 1 N–H and O–H groups in total. The van der Waals surface area contributed by atoms with E-state index in [0.717, 1.165) is 23.1 Å². The molecule has 0 spiro atoms. The summed E-state index contributed by atoms with van der Waals surface area (Å²) in [6.45, 7) is 2.54. The standard InChI is InChI=1S/C12H13F2NO3/c1-12(2,11(17)18)15(3)10(16)9-7(13)5-4-6-8(9)14/h4-6H,1-3H3,(H,17,18). The summed E-state index contributed by atoms with van der Waals surface area (Å²) in [5.74, 6) is -4.32. The molecule has 0 atom stereocenters. The van der Waals surface area contributed by atoms with E-state index in [1.54, 1.807) is 0 Å². The molecule has 0 aliphatic heterocycles. The Bertz CT molecular complexity index is 480. The van der Waals surface area contributed by atoms with Crippen LogP contribution in [0.15, 0.2) is 18.2 Å². The highest BCUT2D eigenvalue weighted by molar-refractivity contribution is 5.97. The molecule has 0 fully saturated rings. The molecular weight excluding hydrogens is 244 g/mol. The predicted molar refractivity (Wildman–Crippen MR) is 60.2 cm³/mol. The van der Waals surface area contributed by atoms with Crippen molar-refractivity contribution in [3.63, 3.8) is 0 Å². The van der Waals surface area contributed by atoms with Gasteiger partial charge in [0, 0.05) is 7.05 Å². The minimum atomic E-state index is -1.56. The molecule has 1 amide bonds. The highest BCUT2D eigenvalue weighted by atomic mass is 19.1. The van der Waals surface area contributed by atoms with Crippen LogP contribution < -0.4 is 0 Å². The van der Waals surface area contributed by atoms with E-state index < -0.39 is 34.6 Å². The molecule has 0 aliphatic rings. The van der Waals surface area contributed by atoms with E-state index in [1.165, 1.54) is 20.9 Å². The van der Waals surface area contributed by atoms with Gasteiger partial charge in [-0.3, -0.25) is 4.79 Å². The van der Waals surface area contributed by atoms with E-state index in [0.29, 0.717) is 0 Å². The van der Waals surface area contributed by atoms with Crippen molar-refractivity contribution in [3.05, 3.63) is 35.4 Å². The zero-order chi connectivity index (χ0) is 14.1. The minimum absolute atomic E-state index is 0.755. The topological polar surface area (TPSA) is 57.6 Å². The lowest BCUT2D eigenvalue weighted by Gasteiger charge is -2.31. The smallest absolute Gasteiger partial charge is 0.329 e. The van der Waals surface area contributed by atoms with Crippen molar-refractivity contribution in [3.8, 4) is 0 Å². The Labute approximate surface area is 103 Å². The summed E-state index contributed by atoms with van der Waals surface area (Å²) in [6, 6.07) is 3.01. The van der Waals surface area contributed by atoms with E-state index in [2.05, 4.69) is 0 Å². The number of halogens is 2. The maximum atomic E-state index is 13.4. The van der Waals surface area contributed by atoms with E-state index in [-0.39, 0.29) is 0 Å². The summed E-state index contributed by atoms with van der Waals surface area (Å²) in [4.78, 5) is 23.7. The Morgan fingerprint density at radius 3 is 2.06 bits per heavy atom. The van der Waals surface area contributed by atoms with Crippen LogP contribution in [0.4, 0.5) is 8.78 Å². The molecule has 18 heavy (non-hydrogen) atoms. The van der Waals surface area contributed by atoms with Crippen molar-refractivity contribution < 1.29 is 23.5 Å². The van der Waals surface area contributed by atoms with Crippen LogP contribution in [0.3, 0.4) is 0 Å². The number of rotatable bonds is 3. The Balaban J connectivity index is 3.20. The van der Waals surface area contributed by atoms with Gasteiger partial charge < -0.3 is 10.0 Å². The highest BCUT2D eigenvalue weighted by Gasteiger charge is 2.37. The summed E-state index contributed by atoms with van der Waals surface area (Å²) < 4.78 is 26.8. The van der Waals surface area contributed by atoms with Gasteiger partial charge >= 0.3 is 5.97 Å². The molecular formula is C12H13F2NO3. The number of carbonyl (C=O) groups is 2. The summed E-state index contributed by atoms with van der Waals surface area (Å²) in [5.41, 5.74) is -2.32. The molecule has 1 aromatic carbocycles. The number of nitrogens with zero attached hydrogens (tertiary/aromatic N) is 1. The van der Waals surface area contributed by atoms with E-state index in [1.807, 2.05) is 0 Å². The second-order valence-electron chi connectivity index (χ2n) is 4.32. The van der Waals surface area contributed by atoms with Crippen molar-refractivity contribution in [1.82, 2.24) is 4.90 Å². The molecule has 0 bridgehead atoms.